The van der Waals surface area contributed by atoms with Crippen LogP contribution in [0.15, 0.2) is 33.5 Å². The number of benzene rings is 2. The summed E-state index contributed by atoms with van der Waals surface area (Å²) in [5, 5.41) is 38.5. The van der Waals surface area contributed by atoms with Gasteiger partial charge in [0.15, 0.2) is 28.8 Å². The summed E-state index contributed by atoms with van der Waals surface area (Å²) >= 11 is 0. The van der Waals surface area contributed by atoms with Gasteiger partial charge < -0.3 is 33.8 Å². The molecule has 0 amide bonds. The molecule has 5 N–H and O–H groups in total. The number of ether oxygens (including phenoxy) is 1. The highest BCUT2D eigenvalue weighted by Crippen LogP contribution is 2.44. The van der Waals surface area contributed by atoms with E-state index in [1.807, 2.05) is 0 Å². The molecule has 0 unspecified atom stereocenters. The maximum Gasteiger partial charge on any atom is 0.446 e. The molecular weight excluding hydrogens is 400 g/mol. The van der Waals surface area contributed by atoms with Crippen LogP contribution in [0.1, 0.15) is 0 Å². The summed E-state index contributed by atoms with van der Waals surface area (Å²) < 4.78 is 45.2. The summed E-state index contributed by atoms with van der Waals surface area (Å²) in [6.45, 7) is 0. The van der Waals surface area contributed by atoms with E-state index in [0.29, 0.717) is 0 Å². The average molecular weight is 412 g/mol. The first kappa shape index (κ1) is 19.1. The maximum absolute atomic E-state index is 12.7. The molecule has 0 saturated carbocycles. The first-order valence-corrected chi connectivity index (χ1v) is 8.69. The summed E-state index contributed by atoms with van der Waals surface area (Å²) in [5.41, 5.74) is -1.27. The van der Waals surface area contributed by atoms with Crippen LogP contribution in [-0.2, 0) is 10.4 Å². The lowest BCUT2D eigenvalue weighted by Crippen LogP contribution is -2.10. The third kappa shape index (κ3) is 3.21. The van der Waals surface area contributed by atoms with Gasteiger partial charge in [-0.3, -0.25) is 9.35 Å². The first-order valence-electron chi connectivity index (χ1n) is 7.32. The number of phenols is 4. The van der Waals surface area contributed by atoms with Crippen molar-refractivity contribution >= 4 is 21.4 Å². The number of fused-ring (bicyclic) bond motifs is 1. The fourth-order valence-electron chi connectivity index (χ4n) is 2.50. The molecule has 0 aliphatic carbocycles. The van der Waals surface area contributed by atoms with Crippen molar-refractivity contribution < 1.29 is 46.7 Å². The average Bonchev–Trinajstić information content (AvgIpc) is 2.60. The predicted octanol–water partition coefficient (Wildman–Crippen LogP) is 1.47. The molecule has 0 radical (unpaired) electrons. The molecule has 0 aliphatic rings. The highest BCUT2D eigenvalue weighted by molar-refractivity contribution is 7.81. The van der Waals surface area contributed by atoms with Crippen molar-refractivity contribution in [3.63, 3.8) is 0 Å². The third-order valence-electron chi connectivity index (χ3n) is 3.69. The van der Waals surface area contributed by atoms with E-state index in [0.717, 1.165) is 25.3 Å². The summed E-state index contributed by atoms with van der Waals surface area (Å²) in [7, 11) is -3.92. The van der Waals surface area contributed by atoms with Gasteiger partial charge in [0.25, 0.3) is 0 Å². The van der Waals surface area contributed by atoms with Gasteiger partial charge in [0.05, 0.1) is 7.11 Å². The molecule has 0 fully saturated rings. The van der Waals surface area contributed by atoms with Crippen molar-refractivity contribution in [1.29, 1.82) is 0 Å². The van der Waals surface area contributed by atoms with Gasteiger partial charge in [0, 0.05) is 11.6 Å². The minimum Gasteiger partial charge on any atom is -0.504 e. The Balaban J connectivity index is 2.39. The molecule has 0 spiro atoms. The van der Waals surface area contributed by atoms with Gasteiger partial charge in [0.2, 0.25) is 16.9 Å². The molecule has 2 aromatic carbocycles. The summed E-state index contributed by atoms with van der Waals surface area (Å²) in [4.78, 5) is 12.7. The van der Waals surface area contributed by atoms with E-state index < -0.39 is 61.3 Å². The molecule has 3 rings (SSSR count). The van der Waals surface area contributed by atoms with Crippen LogP contribution in [0.2, 0.25) is 0 Å². The van der Waals surface area contributed by atoms with E-state index in [4.69, 9.17) is 13.7 Å². The predicted molar refractivity (Wildman–Crippen MR) is 93.3 cm³/mol. The quantitative estimate of drug-likeness (QED) is 0.309. The summed E-state index contributed by atoms with van der Waals surface area (Å²) in [6.07, 6.45) is 0. The van der Waals surface area contributed by atoms with Gasteiger partial charge in [-0.2, -0.15) is 8.42 Å². The van der Waals surface area contributed by atoms with Gasteiger partial charge in [-0.05, 0) is 18.2 Å². The van der Waals surface area contributed by atoms with Gasteiger partial charge in [0.1, 0.15) is 11.0 Å². The second-order valence-electron chi connectivity index (χ2n) is 5.45. The Labute approximate surface area is 156 Å². The van der Waals surface area contributed by atoms with Gasteiger partial charge in [-0.15, -0.1) is 0 Å². The zero-order valence-corrected chi connectivity index (χ0v) is 14.7. The van der Waals surface area contributed by atoms with Crippen LogP contribution in [0.5, 0.6) is 34.5 Å². The number of methoxy groups -OCH3 is 1. The van der Waals surface area contributed by atoms with E-state index in [-0.39, 0.29) is 11.3 Å². The van der Waals surface area contributed by atoms with Crippen LogP contribution in [0.25, 0.3) is 22.3 Å². The standard InChI is InChI=1S/C16H12O11S/c1-25-16-14(21)11-9(5-10(12(19)13(11)20)27-28(22,23)24)26-15(16)6-2-3-7(17)8(18)4-6/h2-5,17-20H,1H3,(H,22,23,24). The van der Waals surface area contributed by atoms with Crippen molar-refractivity contribution in [2.45, 2.75) is 0 Å². The topological polar surface area (TPSA) is 184 Å². The van der Waals surface area contributed by atoms with Crippen LogP contribution in [0, 0.1) is 0 Å². The fraction of sp³-hybridized carbons (Fsp3) is 0.0625. The Morgan fingerprint density at radius 3 is 2.25 bits per heavy atom. The van der Waals surface area contributed by atoms with E-state index in [1.54, 1.807) is 0 Å². The lowest BCUT2D eigenvalue weighted by Gasteiger charge is -2.12. The smallest absolute Gasteiger partial charge is 0.446 e. The lowest BCUT2D eigenvalue weighted by atomic mass is 10.1. The number of phenolic OH excluding ortho intramolecular Hbond substituents is 4. The minimum absolute atomic E-state index is 0.0935. The van der Waals surface area contributed by atoms with Crippen molar-refractivity contribution in [1.82, 2.24) is 0 Å². The van der Waals surface area contributed by atoms with Crippen molar-refractivity contribution in [3.05, 3.63) is 34.5 Å². The third-order valence-corrected chi connectivity index (χ3v) is 4.08. The van der Waals surface area contributed by atoms with Crippen LogP contribution < -0.4 is 14.3 Å². The van der Waals surface area contributed by atoms with Crippen LogP contribution >= 0.6 is 0 Å². The number of hydrogen-bond acceptors (Lipinski definition) is 10. The second-order valence-corrected chi connectivity index (χ2v) is 6.48. The molecule has 0 bridgehead atoms. The summed E-state index contributed by atoms with van der Waals surface area (Å²) in [5.74, 6) is -4.70. The molecule has 0 saturated heterocycles. The van der Waals surface area contributed by atoms with Crippen LogP contribution in [0.4, 0.5) is 0 Å². The summed E-state index contributed by atoms with van der Waals surface area (Å²) in [6, 6.07) is 4.23. The molecule has 11 nitrogen and oxygen atoms in total. The van der Waals surface area contributed by atoms with Gasteiger partial charge in [-0.25, -0.2) is 0 Å². The normalized spacial score (nSPS) is 11.5. The second kappa shape index (κ2) is 6.51. The van der Waals surface area contributed by atoms with E-state index in [2.05, 4.69) is 4.18 Å². The molecule has 3 aromatic rings. The van der Waals surface area contributed by atoms with Crippen molar-refractivity contribution in [2.24, 2.45) is 0 Å². The first-order chi connectivity index (χ1) is 13.0. The zero-order chi connectivity index (χ0) is 20.8. The molecule has 1 aromatic heterocycles. The van der Waals surface area contributed by atoms with E-state index in [1.165, 1.54) is 6.07 Å². The molecule has 12 heteroatoms. The van der Waals surface area contributed by atoms with Gasteiger partial charge in [-0.1, -0.05) is 0 Å². The Kier molecular flexibility index (Phi) is 4.45. The number of hydrogen-bond donors (Lipinski definition) is 5. The lowest BCUT2D eigenvalue weighted by molar-refractivity contribution is 0.358. The molecule has 28 heavy (non-hydrogen) atoms. The highest BCUT2D eigenvalue weighted by Gasteiger charge is 2.25. The van der Waals surface area contributed by atoms with E-state index >= 15 is 0 Å². The number of rotatable bonds is 4. The Hall–Kier alpha value is -3.64. The van der Waals surface area contributed by atoms with Crippen LogP contribution in [-0.4, -0.2) is 40.5 Å². The maximum atomic E-state index is 12.7. The highest BCUT2D eigenvalue weighted by atomic mass is 32.3. The molecule has 0 aliphatic heterocycles. The Bertz CT molecular complexity index is 1260. The fourth-order valence-corrected chi connectivity index (χ4v) is 2.86. The van der Waals surface area contributed by atoms with E-state index in [9.17, 15) is 33.6 Å². The molecule has 0 atom stereocenters. The van der Waals surface area contributed by atoms with Crippen LogP contribution in [0.3, 0.4) is 0 Å². The van der Waals surface area contributed by atoms with Crippen molar-refractivity contribution in [3.8, 4) is 45.8 Å². The van der Waals surface area contributed by atoms with Gasteiger partial charge >= 0.3 is 10.4 Å². The Morgan fingerprint density at radius 1 is 1.00 bits per heavy atom. The van der Waals surface area contributed by atoms with Crippen molar-refractivity contribution in [2.75, 3.05) is 7.11 Å². The zero-order valence-electron chi connectivity index (χ0n) is 13.9. The Morgan fingerprint density at radius 2 is 1.68 bits per heavy atom. The molecule has 148 valence electrons. The largest absolute Gasteiger partial charge is 0.504 e. The number of aromatic hydroxyl groups is 4. The monoisotopic (exact) mass is 412 g/mol. The molecular formula is C16H12O11S. The minimum atomic E-state index is -5.06. The SMILES string of the molecule is COc1c(-c2ccc(O)c(O)c2)oc2cc(OS(=O)(=O)O)c(O)c(O)c2c1=O. The molecule has 1 heterocycles.